The van der Waals surface area contributed by atoms with Crippen LogP contribution in [0.15, 0.2) is 42.9 Å². The molecule has 1 saturated carbocycles. The van der Waals surface area contributed by atoms with Crippen LogP contribution >= 0.6 is 0 Å². The lowest BCUT2D eigenvalue weighted by Crippen LogP contribution is -2.61. The maximum atomic E-state index is 13.9. The monoisotopic (exact) mass is 536 g/mol. The van der Waals surface area contributed by atoms with Gasteiger partial charge in [0, 0.05) is 45.0 Å². The molecule has 1 aliphatic carbocycles. The van der Waals surface area contributed by atoms with Crippen LogP contribution < -0.4 is 0 Å². The Hall–Kier alpha value is -2.92. The van der Waals surface area contributed by atoms with Crippen LogP contribution in [-0.4, -0.2) is 80.9 Å². The van der Waals surface area contributed by atoms with Crippen molar-refractivity contribution in [3.8, 4) is 0 Å². The van der Waals surface area contributed by atoms with Gasteiger partial charge in [-0.05, 0) is 38.2 Å². The number of rotatable bonds is 6. The third-order valence-corrected chi connectivity index (χ3v) is 7.60. The highest BCUT2D eigenvalue weighted by molar-refractivity contribution is 5.88. The molecule has 11 heteroatoms. The van der Waals surface area contributed by atoms with Gasteiger partial charge in [0.05, 0.1) is 24.5 Å². The van der Waals surface area contributed by atoms with E-state index >= 15 is 0 Å². The second kappa shape index (κ2) is 11.4. The van der Waals surface area contributed by atoms with E-state index in [1.807, 2.05) is 12.4 Å². The van der Waals surface area contributed by atoms with Crippen LogP contribution in [0.1, 0.15) is 56.3 Å². The van der Waals surface area contributed by atoms with Gasteiger partial charge in [-0.15, -0.1) is 0 Å². The van der Waals surface area contributed by atoms with Crippen molar-refractivity contribution in [2.45, 2.75) is 63.4 Å². The molecule has 1 spiro atoms. The Morgan fingerprint density at radius 1 is 1.24 bits per heavy atom. The molecule has 0 bridgehead atoms. The number of carboxylic acid groups (broad SMARTS) is 1. The number of hydrogen-bond donors (Lipinski definition) is 1. The van der Waals surface area contributed by atoms with Gasteiger partial charge in [0.1, 0.15) is 0 Å². The molecular formula is C27H35F3N4O4. The van der Waals surface area contributed by atoms with Crippen LogP contribution in [-0.2, 0) is 20.9 Å². The largest absolute Gasteiger partial charge is 0.490 e. The average Bonchev–Trinajstić information content (AvgIpc) is 3.45. The molecule has 5 rings (SSSR count). The summed E-state index contributed by atoms with van der Waals surface area (Å²) >= 11 is 0. The summed E-state index contributed by atoms with van der Waals surface area (Å²) in [7, 11) is 0. The standard InChI is InChI=1S/C25H34N4O2.C2HF3O2/c1-19(2)29-16-23(26-18-29)22-15-27(13-20-7-4-3-5-8-20)17-25(22)24(30)28(11-12-31-25)14-21-9-6-10-21;3-2(4,5)1(6)7/h3-5,7-8,16,18-19,21-22H,6,9-15,17H2,1-2H3;(H,6,7). The number of imidazole rings is 1. The number of ether oxygens (including phenoxy) is 1. The maximum Gasteiger partial charge on any atom is 0.490 e. The summed E-state index contributed by atoms with van der Waals surface area (Å²) < 4.78 is 40.3. The predicted molar refractivity (Wildman–Crippen MR) is 133 cm³/mol. The fourth-order valence-electron chi connectivity index (χ4n) is 5.32. The topological polar surface area (TPSA) is 87.9 Å². The number of carbonyl (C=O) groups is 2. The fraction of sp³-hybridized carbons (Fsp3) is 0.593. The number of carboxylic acids is 1. The number of aromatic nitrogens is 2. The van der Waals surface area contributed by atoms with E-state index in [9.17, 15) is 18.0 Å². The molecule has 1 amide bonds. The number of alkyl halides is 3. The Labute approximate surface area is 220 Å². The van der Waals surface area contributed by atoms with E-state index in [1.54, 1.807) is 0 Å². The van der Waals surface area contributed by atoms with Crippen LogP contribution in [0, 0.1) is 5.92 Å². The zero-order chi connectivity index (χ0) is 27.5. The number of morpholine rings is 1. The summed E-state index contributed by atoms with van der Waals surface area (Å²) in [5, 5.41) is 7.12. The molecule has 2 saturated heterocycles. The van der Waals surface area contributed by atoms with Gasteiger partial charge < -0.3 is 19.3 Å². The normalized spacial score (nSPS) is 24.4. The third kappa shape index (κ3) is 6.20. The third-order valence-electron chi connectivity index (χ3n) is 7.60. The molecule has 0 radical (unpaired) electrons. The molecule has 8 nitrogen and oxygen atoms in total. The summed E-state index contributed by atoms with van der Waals surface area (Å²) in [5.41, 5.74) is 1.41. The van der Waals surface area contributed by atoms with E-state index in [4.69, 9.17) is 19.6 Å². The summed E-state index contributed by atoms with van der Waals surface area (Å²) in [4.78, 5) is 32.0. The smallest absolute Gasteiger partial charge is 0.475 e. The number of aliphatic carboxylic acids is 1. The number of carbonyl (C=O) groups excluding carboxylic acids is 1. The summed E-state index contributed by atoms with van der Waals surface area (Å²) in [6, 6.07) is 10.8. The van der Waals surface area contributed by atoms with Gasteiger partial charge in [0.2, 0.25) is 0 Å². The van der Waals surface area contributed by atoms with Crippen molar-refractivity contribution in [2.75, 3.05) is 32.8 Å². The van der Waals surface area contributed by atoms with Gasteiger partial charge >= 0.3 is 12.1 Å². The fourth-order valence-corrected chi connectivity index (χ4v) is 5.32. The average molecular weight is 537 g/mol. The molecule has 3 fully saturated rings. The van der Waals surface area contributed by atoms with Crippen LogP contribution in [0.2, 0.25) is 0 Å². The van der Waals surface area contributed by atoms with Gasteiger partial charge in [-0.2, -0.15) is 13.2 Å². The van der Waals surface area contributed by atoms with Crippen molar-refractivity contribution in [3.05, 3.63) is 54.1 Å². The second-order valence-corrected chi connectivity index (χ2v) is 10.6. The van der Waals surface area contributed by atoms with E-state index in [-0.39, 0.29) is 11.8 Å². The van der Waals surface area contributed by atoms with Crippen LogP contribution in [0.4, 0.5) is 13.2 Å². The number of hydrogen-bond acceptors (Lipinski definition) is 5. The number of halogens is 3. The summed E-state index contributed by atoms with van der Waals surface area (Å²) in [5.74, 6) is -1.97. The number of amides is 1. The minimum atomic E-state index is -5.08. The Balaban J connectivity index is 0.000000426. The molecule has 1 N–H and O–H groups in total. The molecule has 2 aromatic rings. The van der Waals surface area contributed by atoms with Crippen molar-refractivity contribution in [1.82, 2.24) is 19.4 Å². The highest BCUT2D eigenvalue weighted by atomic mass is 19.4. The molecule has 1 aromatic heterocycles. The summed E-state index contributed by atoms with van der Waals surface area (Å²) in [6.45, 7) is 8.75. The molecule has 1 aromatic carbocycles. The highest BCUT2D eigenvalue weighted by Crippen LogP contribution is 2.42. The zero-order valence-electron chi connectivity index (χ0n) is 21.7. The lowest BCUT2D eigenvalue weighted by atomic mass is 9.82. The first-order valence-corrected chi connectivity index (χ1v) is 13.0. The first-order valence-electron chi connectivity index (χ1n) is 13.0. The summed E-state index contributed by atoms with van der Waals surface area (Å²) in [6.07, 6.45) is 2.73. The molecule has 3 heterocycles. The van der Waals surface area contributed by atoms with E-state index in [0.717, 1.165) is 25.3 Å². The van der Waals surface area contributed by atoms with Crippen LogP contribution in [0.25, 0.3) is 0 Å². The highest BCUT2D eigenvalue weighted by Gasteiger charge is 2.57. The van der Waals surface area contributed by atoms with Crippen molar-refractivity contribution in [1.29, 1.82) is 0 Å². The molecule has 2 unspecified atom stereocenters. The molecule has 38 heavy (non-hydrogen) atoms. The molecule has 208 valence electrons. The minimum Gasteiger partial charge on any atom is -0.475 e. The minimum absolute atomic E-state index is 0.0482. The number of benzene rings is 1. The van der Waals surface area contributed by atoms with E-state index in [1.165, 1.54) is 24.8 Å². The van der Waals surface area contributed by atoms with Crippen molar-refractivity contribution >= 4 is 11.9 Å². The Bertz CT molecular complexity index is 1100. The predicted octanol–water partition coefficient (Wildman–Crippen LogP) is 4.09. The second-order valence-electron chi connectivity index (χ2n) is 10.6. The van der Waals surface area contributed by atoms with Gasteiger partial charge in [-0.1, -0.05) is 36.8 Å². The van der Waals surface area contributed by atoms with Crippen molar-refractivity contribution < 1.29 is 32.6 Å². The lowest BCUT2D eigenvalue weighted by Gasteiger charge is -2.44. The Morgan fingerprint density at radius 3 is 2.47 bits per heavy atom. The first kappa shape index (κ1) is 28.1. The van der Waals surface area contributed by atoms with Crippen LogP contribution in [0.5, 0.6) is 0 Å². The number of likely N-dealkylation sites (tertiary alicyclic amines) is 1. The van der Waals surface area contributed by atoms with E-state index < -0.39 is 17.7 Å². The van der Waals surface area contributed by atoms with E-state index in [0.29, 0.717) is 31.7 Å². The van der Waals surface area contributed by atoms with E-state index in [2.05, 4.69) is 58.7 Å². The number of nitrogens with zero attached hydrogens (tertiary/aromatic N) is 4. The Kier molecular flexibility index (Phi) is 8.46. The Morgan fingerprint density at radius 2 is 1.92 bits per heavy atom. The van der Waals surface area contributed by atoms with Gasteiger partial charge in [0.25, 0.3) is 5.91 Å². The maximum absolute atomic E-state index is 13.9. The van der Waals surface area contributed by atoms with Gasteiger partial charge in [-0.25, -0.2) is 9.78 Å². The van der Waals surface area contributed by atoms with Crippen molar-refractivity contribution in [2.24, 2.45) is 5.92 Å². The molecule has 3 aliphatic rings. The zero-order valence-corrected chi connectivity index (χ0v) is 21.7. The van der Waals surface area contributed by atoms with Gasteiger partial charge in [-0.3, -0.25) is 9.69 Å². The molecular weight excluding hydrogens is 501 g/mol. The van der Waals surface area contributed by atoms with Crippen LogP contribution in [0.3, 0.4) is 0 Å². The molecule has 2 aliphatic heterocycles. The van der Waals surface area contributed by atoms with Crippen molar-refractivity contribution in [3.63, 3.8) is 0 Å². The quantitative estimate of drug-likeness (QED) is 0.599. The van der Waals surface area contributed by atoms with Gasteiger partial charge in [0.15, 0.2) is 5.60 Å². The lowest BCUT2D eigenvalue weighted by molar-refractivity contribution is -0.192. The molecule has 2 atom stereocenters. The first-order chi connectivity index (χ1) is 18.0. The SMILES string of the molecule is CC(C)n1cnc(C2CN(Cc3ccccc3)CC23OCCN(CC2CCC2)C3=O)c1.O=C(O)C(F)(F)F.